The molecule has 0 aliphatic carbocycles. The van der Waals surface area contributed by atoms with E-state index in [-0.39, 0.29) is 17.5 Å². The Balaban J connectivity index is 1.32. The summed E-state index contributed by atoms with van der Waals surface area (Å²) in [6.45, 7) is 5.62. The standard InChI is InChI=1S/C30H36F2N6O/c1-19-14-28(39)36-25-5-2-6-26(29(25)35-19)38-12-3-4-21-15-23(24(30(31)32)16-27(21)38)22-17-34-37(18-22)13-9-20-7-10-33-11-8-20/h2,5-6,15-20,30,33,35H,3-4,7-14H2,1H3,(H,36,39)/t19-/m1/s1. The lowest BCUT2D eigenvalue weighted by atomic mass is 9.92. The topological polar surface area (TPSA) is 74.2 Å². The summed E-state index contributed by atoms with van der Waals surface area (Å²) in [4.78, 5) is 14.4. The van der Waals surface area contributed by atoms with E-state index in [0.29, 0.717) is 24.4 Å². The SMILES string of the molecule is C[C@@H]1CC(=O)Nc2cccc(N3CCCc4cc(-c5cnn(CCC6CCNCC6)c5)c(C(F)F)cc43)c2N1. The second-order valence-electron chi connectivity index (χ2n) is 11.1. The molecule has 1 saturated heterocycles. The van der Waals surface area contributed by atoms with Crippen molar-refractivity contribution in [1.82, 2.24) is 15.1 Å². The predicted molar refractivity (Wildman–Crippen MR) is 151 cm³/mol. The average Bonchev–Trinajstić information content (AvgIpc) is 3.35. The Morgan fingerprint density at radius 2 is 2.00 bits per heavy atom. The van der Waals surface area contributed by atoms with Crippen LogP contribution in [0.1, 0.15) is 56.6 Å². The molecule has 3 aliphatic rings. The minimum absolute atomic E-state index is 0.0233. The number of hydrogen-bond donors (Lipinski definition) is 3. The van der Waals surface area contributed by atoms with Crippen molar-refractivity contribution in [2.75, 3.05) is 35.2 Å². The number of benzene rings is 2. The van der Waals surface area contributed by atoms with Crippen LogP contribution in [0.2, 0.25) is 0 Å². The van der Waals surface area contributed by atoms with Crippen LogP contribution in [0.3, 0.4) is 0 Å². The first-order chi connectivity index (χ1) is 19.0. The van der Waals surface area contributed by atoms with Crippen LogP contribution in [0.15, 0.2) is 42.7 Å². The van der Waals surface area contributed by atoms with E-state index >= 15 is 0 Å². The molecule has 1 aromatic heterocycles. The number of aryl methyl sites for hydroxylation is 2. The van der Waals surface area contributed by atoms with Gasteiger partial charge in [-0.05, 0) is 93.4 Å². The lowest BCUT2D eigenvalue weighted by molar-refractivity contribution is -0.116. The second-order valence-corrected chi connectivity index (χ2v) is 11.1. The van der Waals surface area contributed by atoms with Gasteiger partial charge in [0.05, 0.1) is 23.3 Å². The summed E-state index contributed by atoms with van der Waals surface area (Å²) in [5.41, 5.74) is 5.62. The Kier molecular flexibility index (Phi) is 7.25. The highest BCUT2D eigenvalue weighted by atomic mass is 19.3. The summed E-state index contributed by atoms with van der Waals surface area (Å²) >= 11 is 0. The van der Waals surface area contributed by atoms with Crippen LogP contribution in [-0.4, -0.2) is 41.4 Å². The van der Waals surface area contributed by atoms with Gasteiger partial charge in [0.1, 0.15) is 0 Å². The molecule has 1 fully saturated rings. The summed E-state index contributed by atoms with van der Waals surface area (Å²) in [7, 11) is 0. The van der Waals surface area contributed by atoms with Gasteiger partial charge in [-0.2, -0.15) is 5.10 Å². The predicted octanol–water partition coefficient (Wildman–Crippen LogP) is 6.10. The van der Waals surface area contributed by atoms with Gasteiger partial charge in [0.2, 0.25) is 5.91 Å². The first-order valence-electron chi connectivity index (χ1n) is 14.1. The van der Waals surface area contributed by atoms with Crippen molar-refractivity contribution in [2.24, 2.45) is 5.92 Å². The van der Waals surface area contributed by atoms with E-state index in [0.717, 1.165) is 72.8 Å². The smallest absolute Gasteiger partial charge is 0.264 e. The number of anilines is 4. The molecule has 1 atom stereocenters. The van der Waals surface area contributed by atoms with E-state index in [4.69, 9.17) is 0 Å². The van der Waals surface area contributed by atoms with Crippen LogP contribution >= 0.6 is 0 Å². The molecule has 2 aromatic carbocycles. The molecule has 0 bridgehead atoms. The summed E-state index contributed by atoms with van der Waals surface area (Å²) in [6, 6.07) is 9.34. The molecule has 206 valence electrons. The highest BCUT2D eigenvalue weighted by Gasteiger charge is 2.28. The lowest BCUT2D eigenvalue weighted by Gasteiger charge is -2.34. The molecule has 3 aromatic rings. The Morgan fingerprint density at radius 3 is 2.82 bits per heavy atom. The van der Waals surface area contributed by atoms with Gasteiger partial charge >= 0.3 is 0 Å². The quantitative estimate of drug-likeness (QED) is 0.356. The maximum atomic E-state index is 14.5. The molecule has 0 unspecified atom stereocenters. The van der Waals surface area contributed by atoms with Crippen LogP contribution in [0.5, 0.6) is 0 Å². The third kappa shape index (κ3) is 5.37. The van der Waals surface area contributed by atoms with Gasteiger partial charge in [0.15, 0.2) is 0 Å². The third-order valence-corrected chi connectivity index (χ3v) is 8.26. The van der Waals surface area contributed by atoms with E-state index in [9.17, 15) is 13.6 Å². The summed E-state index contributed by atoms with van der Waals surface area (Å²) in [5, 5.41) is 14.4. The zero-order valence-electron chi connectivity index (χ0n) is 22.4. The highest BCUT2D eigenvalue weighted by Crippen LogP contribution is 2.45. The van der Waals surface area contributed by atoms with E-state index < -0.39 is 6.43 Å². The number of hydrogen-bond acceptors (Lipinski definition) is 5. The van der Waals surface area contributed by atoms with Crippen molar-refractivity contribution in [1.29, 1.82) is 0 Å². The summed E-state index contributed by atoms with van der Waals surface area (Å²) in [6.07, 6.45) is 6.53. The molecule has 4 heterocycles. The van der Waals surface area contributed by atoms with Crippen molar-refractivity contribution in [2.45, 2.75) is 64.5 Å². The van der Waals surface area contributed by atoms with Gasteiger partial charge < -0.3 is 20.9 Å². The fraction of sp³-hybridized carbons (Fsp3) is 0.467. The molecule has 7 nitrogen and oxygen atoms in total. The van der Waals surface area contributed by atoms with Crippen molar-refractivity contribution < 1.29 is 13.6 Å². The van der Waals surface area contributed by atoms with E-state index in [2.05, 4.69) is 25.9 Å². The number of fused-ring (bicyclic) bond motifs is 2. The number of para-hydroxylation sites is 1. The molecule has 3 aliphatic heterocycles. The Bertz CT molecular complexity index is 1350. The van der Waals surface area contributed by atoms with Crippen LogP contribution in [0.4, 0.5) is 31.5 Å². The summed E-state index contributed by atoms with van der Waals surface area (Å²) in [5.74, 6) is 0.648. The number of rotatable bonds is 6. The number of carbonyl (C=O) groups excluding carboxylic acids is 1. The number of nitrogens with zero attached hydrogens (tertiary/aromatic N) is 3. The number of aromatic nitrogens is 2. The Hall–Kier alpha value is -3.46. The van der Waals surface area contributed by atoms with E-state index in [1.165, 1.54) is 12.8 Å². The van der Waals surface area contributed by atoms with Crippen molar-refractivity contribution in [3.8, 4) is 11.1 Å². The van der Waals surface area contributed by atoms with Gasteiger partial charge in [-0.3, -0.25) is 9.48 Å². The Labute approximate surface area is 228 Å². The van der Waals surface area contributed by atoms with E-state index in [1.54, 1.807) is 12.3 Å². The monoisotopic (exact) mass is 534 g/mol. The van der Waals surface area contributed by atoms with Crippen LogP contribution < -0.4 is 20.9 Å². The number of carbonyl (C=O) groups is 1. The zero-order chi connectivity index (χ0) is 26.9. The minimum Gasteiger partial charge on any atom is -0.379 e. The molecule has 1 amide bonds. The molecule has 6 rings (SSSR count). The second kappa shape index (κ2) is 11.0. The molecular formula is C30H36F2N6O. The number of piperidine rings is 1. The molecule has 3 N–H and O–H groups in total. The van der Waals surface area contributed by atoms with Gasteiger partial charge in [-0.1, -0.05) is 6.07 Å². The first-order valence-corrected chi connectivity index (χ1v) is 14.1. The summed E-state index contributed by atoms with van der Waals surface area (Å²) < 4.78 is 30.9. The number of alkyl halides is 2. The fourth-order valence-electron chi connectivity index (χ4n) is 6.24. The normalized spacial score (nSPS) is 19.7. The lowest BCUT2D eigenvalue weighted by Crippen LogP contribution is -2.28. The Morgan fingerprint density at radius 1 is 1.15 bits per heavy atom. The minimum atomic E-state index is -2.61. The number of nitrogens with one attached hydrogen (secondary N) is 3. The van der Waals surface area contributed by atoms with E-state index in [1.807, 2.05) is 42.1 Å². The highest BCUT2D eigenvalue weighted by molar-refractivity contribution is 6.00. The van der Waals surface area contributed by atoms with Crippen molar-refractivity contribution >= 4 is 28.7 Å². The first kappa shape index (κ1) is 25.8. The molecular weight excluding hydrogens is 498 g/mol. The molecule has 0 radical (unpaired) electrons. The maximum absolute atomic E-state index is 14.5. The molecule has 39 heavy (non-hydrogen) atoms. The van der Waals surface area contributed by atoms with Gasteiger partial charge in [0, 0.05) is 48.6 Å². The van der Waals surface area contributed by atoms with Crippen molar-refractivity contribution in [3.05, 3.63) is 53.9 Å². The molecule has 0 spiro atoms. The third-order valence-electron chi connectivity index (χ3n) is 8.26. The van der Waals surface area contributed by atoms with Crippen LogP contribution in [0.25, 0.3) is 11.1 Å². The van der Waals surface area contributed by atoms with Gasteiger partial charge in [-0.15, -0.1) is 0 Å². The fourth-order valence-corrected chi connectivity index (χ4v) is 6.24. The number of halogens is 2. The average molecular weight is 535 g/mol. The zero-order valence-corrected chi connectivity index (χ0v) is 22.4. The molecule has 9 heteroatoms. The van der Waals surface area contributed by atoms with Gasteiger partial charge in [-0.25, -0.2) is 8.78 Å². The molecule has 0 saturated carbocycles. The largest absolute Gasteiger partial charge is 0.379 e. The number of amides is 1. The maximum Gasteiger partial charge on any atom is 0.264 e. The van der Waals surface area contributed by atoms with Gasteiger partial charge in [0.25, 0.3) is 6.43 Å². The van der Waals surface area contributed by atoms with Crippen LogP contribution in [0, 0.1) is 5.92 Å². The van der Waals surface area contributed by atoms with Crippen LogP contribution in [-0.2, 0) is 17.8 Å². The van der Waals surface area contributed by atoms with Crippen molar-refractivity contribution in [3.63, 3.8) is 0 Å².